The summed E-state index contributed by atoms with van der Waals surface area (Å²) in [5.41, 5.74) is 0. The van der Waals surface area contributed by atoms with Crippen LogP contribution >= 0.6 is 24.0 Å². The molecular formula is C16H23Cl2N3O2. The average molecular weight is 360 g/mol. The fourth-order valence-electron chi connectivity index (χ4n) is 2.76. The lowest BCUT2D eigenvalue weighted by atomic mass is 10.0. The van der Waals surface area contributed by atoms with E-state index in [0.717, 1.165) is 51.6 Å². The van der Waals surface area contributed by atoms with Gasteiger partial charge in [0, 0.05) is 45.8 Å². The van der Waals surface area contributed by atoms with Crippen LogP contribution in [-0.4, -0.2) is 68.1 Å². The van der Waals surface area contributed by atoms with Gasteiger partial charge in [0.15, 0.2) is 0 Å². The molecule has 1 aromatic carbocycles. The molecule has 0 aromatic heterocycles. The molecule has 0 bridgehead atoms. The molecule has 23 heavy (non-hydrogen) atoms. The largest absolute Gasteiger partial charge is 0.491 e. The normalized spacial score (nSPS) is 18.9. The number of carbonyl (C=O) groups excluding carboxylic acids is 1. The molecule has 2 aliphatic rings. The molecular weight excluding hydrogens is 337 g/mol. The highest BCUT2D eigenvalue weighted by atomic mass is 35.5. The van der Waals surface area contributed by atoms with E-state index in [2.05, 4.69) is 10.2 Å². The van der Waals surface area contributed by atoms with Gasteiger partial charge in [-0.3, -0.25) is 9.69 Å². The fourth-order valence-corrected chi connectivity index (χ4v) is 2.95. The quantitative estimate of drug-likeness (QED) is 0.865. The third-order valence-corrected chi connectivity index (χ3v) is 4.63. The molecule has 0 saturated carbocycles. The van der Waals surface area contributed by atoms with Crippen LogP contribution in [0, 0.1) is 5.92 Å². The Hall–Kier alpha value is -1.01. The number of halogens is 2. The first-order chi connectivity index (χ1) is 10.7. The third kappa shape index (κ3) is 4.73. The smallest absolute Gasteiger partial charge is 0.228 e. The molecule has 2 saturated heterocycles. The Morgan fingerprint density at radius 3 is 2.52 bits per heavy atom. The van der Waals surface area contributed by atoms with Crippen molar-refractivity contribution in [2.75, 3.05) is 52.4 Å². The van der Waals surface area contributed by atoms with Crippen LogP contribution in [0.15, 0.2) is 24.3 Å². The predicted octanol–water partition coefficient (Wildman–Crippen LogP) is 1.50. The highest BCUT2D eigenvalue weighted by Gasteiger charge is 2.30. The molecule has 5 nitrogen and oxygen atoms in total. The van der Waals surface area contributed by atoms with E-state index in [1.54, 1.807) is 0 Å². The number of nitrogens with zero attached hydrogens (tertiary/aromatic N) is 2. The highest BCUT2D eigenvalue weighted by Crippen LogP contribution is 2.22. The second-order valence-corrected chi connectivity index (χ2v) is 6.21. The van der Waals surface area contributed by atoms with E-state index in [1.807, 2.05) is 29.2 Å². The van der Waals surface area contributed by atoms with Crippen molar-refractivity contribution < 1.29 is 9.53 Å². The minimum absolute atomic E-state index is 0. The van der Waals surface area contributed by atoms with Crippen LogP contribution in [-0.2, 0) is 4.79 Å². The van der Waals surface area contributed by atoms with Gasteiger partial charge < -0.3 is 15.0 Å². The molecule has 0 aliphatic carbocycles. The molecule has 1 N–H and O–H groups in total. The molecule has 0 unspecified atom stereocenters. The zero-order chi connectivity index (χ0) is 15.4. The number of piperazine rings is 1. The van der Waals surface area contributed by atoms with E-state index in [-0.39, 0.29) is 18.3 Å². The van der Waals surface area contributed by atoms with E-state index in [9.17, 15) is 4.79 Å². The van der Waals surface area contributed by atoms with Crippen LogP contribution in [0.3, 0.4) is 0 Å². The molecule has 3 rings (SSSR count). The van der Waals surface area contributed by atoms with Gasteiger partial charge in [0.2, 0.25) is 5.91 Å². The van der Waals surface area contributed by atoms with Crippen molar-refractivity contribution in [1.82, 2.24) is 15.1 Å². The maximum atomic E-state index is 12.2. The zero-order valence-corrected chi connectivity index (χ0v) is 14.6. The summed E-state index contributed by atoms with van der Waals surface area (Å²) in [6.45, 7) is 6.62. The highest BCUT2D eigenvalue weighted by molar-refractivity contribution is 6.32. The standard InChI is InChI=1S/C16H22ClN3O2.ClH/c17-14-3-1-2-4-15(14)22-10-9-19-5-7-20(8-6-19)16(21)13-11-18-12-13;/h1-4,13,18H,5-12H2;1H. The van der Waals surface area contributed by atoms with E-state index in [0.29, 0.717) is 17.5 Å². The number of para-hydroxylation sites is 1. The number of rotatable bonds is 5. The Labute approximate surface area is 148 Å². The lowest BCUT2D eigenvalue weighted by Gasteiger charge is -2.38. The van der Waals surface area contributed by atoms with Crippen LogP contribution in [0.25, 0.3) is 0 Å². The minimum Gasteiger partial charge on any atom is -0.491 e. The lowest BCUT2D eigenvalue weighted by molar-refractivity contribution is -0.138. The van der Waals surface area contributed by atoms with E-state index in [1.165, 1.54) is 0 Å². The Kier molecular flexibility index (Phi) is 6.96. The Morgan fingerprint density at radius 2 is 1.91 bits per heavy atom. The number of benzene rings is 1. The summed E-state index contributed by atoms with van der Waals surface area (Å²) in [5, 5.41) is 3.80. The van der Waals surface area contributed by atoms with Gasteiger partial charge in [-0.1, -0.05) is 23.7 Å². The molecule has 0 radical (unpaired) electrons. The summed E-state index contributed by atoms with van der Waals surface area (Å²) in [5.74, 6) is 1.25. The van der Waals surface area contributed by atoms with Gasteiger partial charge in [-0.05, 0) is 12.1 Å². The van der Waals surface area contributed by atoms with Crippen molar-refractivity contribution in [2.45, 2.75) is 0 Å². The van der Waals surface area contributed by atoms with Gasteiger partial charge in [0.05, 0.1) is 10.9 Å². The van der Waals surface area contributed by atoms with Crippen molar-refractivity contribution in [1.29, 1.82) is 0 Å². The van der Waals surface area contributed by atoms with Gasteiger partial charge in [-0.25, -0.2) is 0 Å². The maximum absolute atomic E-state index is 12.2. The third-order valence-electron chi connectivity index (χ3n) is 4.32. The molecule has 128 valence electrons. The SMILES string of the molecule is Cl.O=C(C1CNC1)N1CCN(CCOc2ccccc2Cl)CC1. The Balaban J connectivity index is 0.00000192. The molecule has 0 atom stereocenters. The van der Waals surface area contributed by atoms with Crippen LogP contribution in [0.1, 0.15) is 0 Å². The summed E-state index contributed by atoms with van der Waals surface area (Å²) in [6.07, 6.45) is 0. The molecule has 1 amide bonds. The first-order valence-corrected chi connectivity index (χ1v) is 8.21. The second kappa shape index (κ2) is 8.73. The number of ether oxygens (including phenoxy) is 1. The molecule has 2 fully saturated rings. The fraction of sp³-hybridized carbons (Fsp3) is 0.562. The van der Waals surface area contributed by atoms with E-state index < -0.39 is 0 Å². The van der Waals surface area contributed by atoms with Gasteiger partial charge in [-0.15, -0.1) is 12.4 Å². The molecule has 2 aliphatic heterocycles. The van der Waals surface area contributed by atoms with Crippen LogP contribution in [0.4, 0.5) is 0 Å². The van der Waals surface area contributed by atoms with E-state index >= 15 is 0 Å². The van der Waals surface area contributed by atoms with Crippen molar-refractivity contribution >= 4 is 29.9 Å². The summed E-state index contributed by atoms with van der Waals surface area (Å²) < 4.78 is 5.72. The van der Waals surface area contributed by atoms with Gasteiger partial charge in [0.25, 0.3) is 0 Å². The number of hydrogen-bond donors (Lipinski definition) is 1. The monoisotopic (exact) mass is 359 g/mol. The minimum atomic E-state index is 0. The van der Waals surface area contributed by atoms with Crippen LogP contribution in [0.5, 0.6) is 5.75 Å². The van der Waals surface area contributed by atoms with Crippen molar-refractivity contribution in [2.24, 2.45) is 5.92 Å². The Morgan fingerprint density at radius 1 is 1.22 bits per heavy atom. The van der Waals surface area contributed by atoms with E-state index in [4.69, 9.17) is 16.3 Å². The number of hydrogen-bond acceptors (Lipinski definition) is 4. The lowest BCUT2D eigenvalue weighted by Crippen LogP contribution is -2.56. The average Bonchev–Trinajstić information content (AvgIpc) is 2.48. The summed E-state index contributed by atoms with van der Waals surface area (Å²) in [7, 11) is 0. The summed E-state index contributed by atoms with van der Waals surface area (Å²) in [4.78, 5) is 16.5. The number of carbonyl (C=O) groups is 1. The second-order valence-electron chi connectivity index (χ2n) is 5.80. The number of nitrogens with one attached hydrogen (secondary N) is 1. The molecule has 7 heteroatoms. The topological polar surface area (TPSA) is 44.8 Å². The molecule has 2 heterocycles. The van der Waals surface area contributed by atoms with Gasteiger partial charge in [-0.2, -0.15) is 0 Å². The maximum Gasteiger partial charge on any atom is 0.228 e. The first kappa shape index (κ1) is 18.3. The first-order valence-electron chi connectivity index (χ1n) is 7.83. The van der Waals surface area contributed by atoms with Gasteiger partial charge in [0.1, 0.15) is 12.4 Å². The van der Waals surface area contributed by atoms with Gasteiger partial charge >= 0.3 is 0 Å². The van der Waals surface area contributed by atoms with Crippen LogP contribution in [0.2, 0.25) is 5.02 Å². The summed E-state index contributed by atoms with van der Waals surface area (Å²) in [6, 6.07) is 7.52. The predicted molar refractivity (Wildman–Crippen MR) is 93.6 cm³/mol. The molecule has 1 aromatic rings. The summed E-state index contributed by atoms with van der Waals surface area (Å²) >= 11 is 6.06. The zero-order valence-electron chi connectivity index (χ0n) is 13.0. The van der Waals surface area contributed by atoms with Crippen molar-refractivity contribution in [3.8, 4) is 5.75 Å². The van der Waals surface area contributed by atoms with Crippen LogP contribution < -0.4 is 10.1 Å². The van der Waals surface area contributed by atoms with Crippen molar-refractivity contribution in [3.05, 3.63) is 29.3 Å². The molecule has 0 spiro atoms. The van der Waals surface area contributed by atoms with Crippen molar-refractivity contribution in [3.63, 3.8) is 0 Å². The number of amides is 1. The Bertz CT molecular complexity index is 518.